The Bertz CT molecular complexity index is 427. The molecule has 4 nitrogen and oxygen atoms in total. The molecule has 0 saturated carbocycles. The lowest BCUT2D eigenvalue weighted by molar-refractivity contribution is 0.139. The van der Waals surface area contributed by atoms with Crippen molar-refractivity contribution in [1.82, 2.24) is 4.98 Å². The van der Waals surface area contributed by atoms with Crippen LogP contribution in [0.25, 0.3) is 0 Å². The first-order chi connectivity index (χ1) is 9.28. The van der Waals surface area contributed by atoms with Gasteiger partial charge in [-0.15, -0.1) is 11.3 Å². The van der Waals surface area contributed by atoms with Crippen LogP contribution in [0, 0.1) is 5.92 Å². The van der Waals surface area contributed by atoms with E-state index in [2.05, 4.69) is 9.88 Å². The third-order valence-electron chi connectivity index (χ3n) is 4.20. The Morgan fingerprint density at radius 3 is 2.84 bits per heavy atom. The Hall–Kier alpha value is -0.650. The SMILES string of the molecule is COCC1CCN(c2nc3c(s2)CCCC3O)CC1. The summed E-state index contributed by atoms with van der Waals surface area (Å²) in [5.41, 5.74) is 0.949. The van der Waals surface area contributed by atoms with Crippen molar-refractivity contribution in [1.29, 1.82) is 0 Å². The van der Waals surface area contributed by atoms with Crippen LogP contribution in [0.5, 0.6) is 0 Å². The number of aromatic nitrogens is 1. The topological polar surface area (TPSA) is 45.6 Å². The van der Waals surface area contributed by atoms with Crippen molar-refractivity contribution in [2.75, 3.05) is 31.7 Å². The van der Waals surface area contributed by atoms with Crippen LogP contribution in [0.4, 0.5) is 5.13 Å². The molecule has 1 aromatic heterocycles. The molecule has 1 atom stereocenters. The second-order valence-electron chi connectivity index (χ2n) is 5.60. The van der Waals surface area contributed by atoms with Crippen molar-refractivity contribution in [3.8, 4) is 0 Å². The summed E-state index contributed by atoms with van der Waals surface area (Å²) in [7, 11) is 1.78. The van der Waals surface area contributed by atoms with Gasteiger partial charge in [-0.05, 0) is 38.0 Å². The molecule has 3 rings (SSSR count). The molecule has 1 fully saturated rings. The van der Waals surface area contributed by atoms with Gasteiger partial charge >= 0.3 is 0 Å². The lowest BCUT2D eigenvalue weighted by atomic mass is 9.98. The Balaban J connectivity index is 1.67. The average Bonchev–Trinajstić information content (AvgIpc) is 2.85. The number of hydrogen-bond donors (Lipinski definition) is 1. The van der Waals surface area contributed by atoms with E-state index in [9.17, 15) is 5.11 Å². The molecule has 1 unspecified atom stereocenters. The summed E-state index contributed by atoms with van der Waals surface area (Å²) < 4.78 is 5.24. The molecule has 19 heavy (non-hydrogen) atoms. The molecule has 106 valence electrons. The van der Waals surface area contributed by atoms with E-state index >= 15 is 0 Å². The fourth-order valence-corrected chi connectivity index (χ4v) is 4.25. The van der Waals surface area contributed by atoms with Gasteiger partial charge in [-0.3, -0.25) is 0 Å². The zero-order chi connectivity index (χ0) is 13.2. The number of aliphatic hydroxyl groups excluding tert-OH is 1. The zero-order valence-electron chi connectivity index (χ0n) is 11.5. The predicted molar refractivity (Wildman–Crippen MR) is 76.8 cm³/mol. The lowest BCUT2D eigenvalue weighted by Crippen LogP contribution is -2.34. The van der Waals surface area contributed by atoms with E-state index in [1.165, 1.54) is 17.7 Å². The summed E-state index contributed by atoms with van der Waals surface area (Å²) in [6, 6.07) is 0. The lowest BCUT2D eigenvalue weighted by Gasteiger charge is -2.31. The minimum absolute atomic E-state index is 0.334. The van der Waals surface area contributed by atoms with Crippen LogP contribution in [0.1, 0.15) is 42.4 Å². The summed E-state index contributed by atoms with van der Waals surface area (Å²) >= 11 is 1.78. The first-order valence-corrected chi connectivity index (χ1v) is 8.01. The van der Waals surface area contributed by atoms with E-state index in [1.54, 1.807) is 18.4 Å². The number of aryl methyl sites for hydroxylation is 1. The molecule has 0 radical (unpaired) electrons. The molecular formula is C14H22N2O2S. The highest BCUT2D eigenvalue weighted by atomic mass is 32.1. The molecule has 0 amide bonds. The molecule has 1 saturated heterocycles. The first-order valence-electron chi connectivity index (χ1n) is 7.19. The van der Waals surface area contributed by atoms with Crippen molar-refractivity contribution in [3.05, 3.63) is 10.6 Å². The van der Waals surface area contributed by atoms with E-state index in [4.69, 9.17) is 4.74 Å². The maximum absolute atomic E-state index is 9.99. The van der Waals surface area contributed by atoms with Crippen LogP contribution in [0.2, 0.25) is 0 Å². The van der Waals surface area contributed by atoms with Crippen molar-refractivity contribution >= 4 is 16.5 Å². The predicted octanol–water partition coefficient (Wildman–Crippen LogP) is 2.38. The van der Waals surface area contributed by atoms with Crippen molar-refractivity contribution < 1.29 is 9.84 Å². The van der Waals surface area contributed by atoms with E-state index < -0.39 is 0 Å². The highest BCUT2D eigenvalue weighted by Crippen LogP contribution is 2.37. The van der Waals surface area contributed by atoms with Gasteiger partial charge in [-0.25, -0.2) is 4.98 Å². The van der Waals surface area contributed by atoms with Crippen LogP contribution < -0.4 is 4.90 Å². The fraction of sp³-hybridized carbons (Fsp3) is 0.786. The molecule has 5 heteroatoms. The molecule has 1 aromatic rings. The number of anilines is 1. The smallest absolute Gasteiger partial charge is 0.185 e. The summed E-state index contributed by atoms with van der Waals surface area (Å²) in [5.74, 6) is 0.696. The molecule has 0 bridgehead atoms. The molecular weight excluding hydrogens is 260 g/mol. The van der Waals surface area contributed by atoms with E-state index in [0.717, 1.165) is 49.8 Å². The van der Waals surface area contributed by atoms with Gasteiger partial charge in [0.2, 0.25) is 0 Å². The van der Waals surface area contributed by atoms with E-state index in [-0.39, 0.29) is 6.10 Å². The second kappa shape index (κ2) is 5.77. The third kappa shape index (κ3) is 2.78. The Morgan fingerprint density at radius 2 is 2.16 bits per heavy atom. The molecule has 0 spiro atoms. The quantitative estimate of drug-likeness (QED) is 0.924. The summed E-state index contributed by atoms with van der Waals surface area (Å²) in [5, 5.41) is 11.1. The van der Waals surface area contributed by atoms with E-state index in [0.29, 0.717) is 5.92 Å². The molecule has 2 aliphatic rings. The number of methoxy groups -OCH3 is 1. The number of nitrogens with zero attached hydrogens (tertiary/aromatic N) is 2. The van der Waals surface area contributed by atoms with Crippen LogP contribution in [-0.2, 0) is 11.2 Å². The van der Waals surface area contributed by atoms with Gasteiger partial charge in [-0.2, -0.15) is 0 Å². The maximum Gasteiger partial charge on any atom is 0.185 e. The fourth-order valence-electron chi connectivity index (χ4n) is 3.04. The van der Waals surface area contributed by atoms with Crippen molar-refractivity contribution in [2.24, 2.45) is 5.92 Å². The van der Waals surface area contributed by atoms with E-state index in [1.807, 2.05) is 0 Å². The Morgan fingerprint density at radius 1 is 1.37 bits per heavy atom. The number of ether oxygens (including phenoxy) is 1. The number of rotatable bonds is 3. The second-order valence-corrected chi connectivity index (χ2v) is 6.66. The average molecular weight is 282 g/mol. The molecule has 1 N–H and O–H groups in total. The van der Waals surface area contributed by atoms with Crippen molar-refractivity contribution in [2.45, 2.75) is 38.2 Å². The normalized spacial score (nSPS) is 24.5. The van der Waals surface area contributed by atoms with Gasteiger partial charge < -0.3 is 14.7 Å². The van der Waals surface area contributed by atoms with Gasteiger partial charge in [0.1, 0.15) is 0 Å². The highest BCUT2D eigenvalue weighted by molar-refractivity contribution is 7.15. The largest absolute Gasteiger partial charge is 0.387 e. The number of hydrogen-bond acceptors (Lipinski definition) is 5. The number of fused-ring (bicyclic) bond motifs is 1. The molecule has 1 aliphatic heterocycles. The minimum Gasteiger partial charge on any atom is -0.387 e. The van der Waals surface area contributed by atoms with Crippen LogP contribution in [-0.4, -0.2) is 36.9 Å². The van der Waals surface area contributed by atoms with Crippen LogP contribution in [0.15, 0.2) is 0 Å². The number of thiazole rings is 1. The van der Waals surface area contributed by atoms with Gasteiger partial charge in [-0.1, -0.05) is 0 Å². The minimum atomic E-state index is -0.334. The number of aliphatic hydroxyl groups is 1. The van der Waals surface area contributed by atoms with Crippen molar-refractivity contribution in [3.63, 3.8) is 0 Å². The monoisotopic (exact) mass is 282 g/mol. The number of piperidine rings is 1. The van der Waals surface area contributed by atoms with Gasteiger partial charge in [0.15, 0.2) is 5.13 Å². The molecule has 2 heterocycles. The highest BCUT2D eigenvalue weighted by Gasteiger charge is 2.26. The standard InChI is InChI=1S/C14H22N2O2S/c1-18-9-10-5-7-16(8-6-10)14-15-13-11(17)3-2-4-12(13)19-14/h10-11,17H,2-9H2,1H3. The van der Waals surface area contributed by atoms with Gasteiger partial charge in [0.25, 0.3) is 0 Å². The first kappa shape index (κ1) is 13.3. The van der Waals surface area contributed by atoms with Gasteiger partial charge in [0.05, 0.1) is 11.8 Å². The van der Waals surface area contributed by atoms with Crippen LogP contribution in [0.3, 0.4) is 0 Å². The zero-order valence-corrected chi connectivity index (χ0v) is 12.3. The molecule has 1 aliphatic carbocycles. The summed E-state index contributed by atoms with van der Waals surface area (Å²) in [4.78, 5) is 8.37. The third-order valence-corrected chi connectivity index (χ3v) is 5.39. The van der Waals surface area contributed by atoms with Gasteiger partial charge in [0, 0.05) is 31.7 Å². The summed E-state index contributed by atoms with van der Waals surface area (Å²) in [6.07, 6.45) is 5.07. The van der Waals surface area contributed by atoms with Crippen LogP contribution >= 0.6 is 11.3 Å². The Labute approximate surface area is 118 Å². The Kier molecular flexibility index (Phi) is 4.05. The molecule has 0 aromatic carbocycles. The summed E-state index contributed by atoms with van der Waals surface area (Å²) in [6.45, 7) is 3.01. The maximum atomic E-state index is 9.99.